The van der Waals surface area contributed by atoms with Crippen LogP contribution < -0.4 is 31.8 Å². The quantitative estimate of drug-likeness (QED) is 0.141. The maximum absolute atomic E-state index is 14.0. The topological polar surface area (TPSA) is 186 Å². The molecule has 0 radical (unpaired) electrons. The van der Waals surface area contributed by atoms with Crippen molar-refractivity contribution in [1.29, 1.82) is 0 Å². The molecule has 8 N–H and O–H groups in total. The highest BCUT2D eigenvalue weighted by molar-refractivity contribution is 5.88. The number of fused-ring (bicyclic) bond motifs is 2. The summed E-state index contributed by atoms with van der Waals surface area (Å²) in [5.74, 6) is 0.742. The summed E-state index contributed by atoms with van der Waals surface area (Å²) in [6.45, 7) is 3.44. The van der Waals surface area contributed by atoms with Crippen molar-refractivity contribution in [3.8, 4) is 11.5 Å². The summed E-state index contributed by atoms with van der Waals surface area (Å²) in [6.07, 6.45) is -1.08. The van der Waals surface area contributed by atoms with Crippen LogP contribution in [-0.4, -0.2) is 46.7 Å². The Bertz CT molecular complexity index is 1370. The van der Waals surface area contributed by atoms with Gasteiger partial charge in [0.2, 0.25) is 0 Å². The fourth-order valence-electron chi connectivity index (χ4n) is 4.47. The molecular formula is C26H32N4O7. The first-order chi connectivity index (χ1) is 17.5. The number of ether oxygens (including phenoxy) is 2. The lowest BCUT2D eigenvalue weighted by molar-refractivity contribution is -0.0229. The molecule has 0 saturated heterocycles. The third-order valence-electron chi connectivity index (χ3n) is 6.44. The molecule has 1 aliphatic heterocycles. The molecule has 3 aromatic rings. The lowest BCUT2D eigenvalue weighted by Crippen LogP contribution is -2.39. The van der Waals surface area contributed by atoms with Gasteiger partial charge in [-0.25, -0.2) is 0 Å². The maximum atomic E-state index is 14.0. The molecule has 0 aliphatic carbocycles. The highest BCUT2D eigenvalue weighted by Crippen LogP contribution is 2.43. The molecular weight excluding hydrogens is 480 g/mol. The number of anilines is 1. The number of rotatable bonds is 9. The highest BCUT2D eigenvalue weighted by Gasteiger charge is 2.38. The van der Waals surface area contributed by atoms with Crippen molar-refractivity contribution in [1.82, 2.24) is 0 Å². The van der Waals surface area contributed by atoms with Gasteiger partial charge in [0.05, 0.1) is 18.4 Å². The van der Waals surface area contributed by atoms with Crippen LogP contribution in [0.4, 0.5) is 5.69 Å². The van der Waals surface area contributed by atoms with E-state index in [1.807, 2.05) is 0 Å². The maximum Gasteiger partial charge on any atom is 0.200 e. The summed E-state index contributed by atoms with van der Waals surface area (Å²) in [7, 11) is 1.46. The first-order valence-corrected chi connectivity index (χ1v) is 11.8. The van der Waals surface area contributed by atoms with Crippen LogP contribution in [0.1, 0.15) is 48.8 Å². The summed E-state index contributed by atoms with van der Waals surface area (Å²) >= 11 is 0. The number of methoxy groups -OCH3 is 1. The molecule has 11 heteroatoms. The Morgan fingerprint density at radius 1 is 1.30 bits per heavy atom. The van der Waals surface area contributed by atoms with Crippen LogP contribution in [0, 0.1) is 0 Å². The van der Waals surface area contributed by atoms with Gasteiger partial charge >= 0.3 is 0 Å². The monoisotopic (exact) mass is 512 g/mol. The normalized spacial score (nSPS) is 15.7. The van der Waals surface area contributed by atoms with Crippen molar-refractivity contribution in [2.45, 2.75) is 50.9 Å². The molecule has 2 aromatic carbocycles. The molecule has 0 fully saturated rings. The second-order valence-corrected chi connectivity index (χ2v) is 9.59. The molecule has 1 aromatic heterocycles. The number of aliphatic hydroxyl groups is 2. The third-order valence-corrected chi connectivity index (χ3v) is 6.44. The molecule has 0 spiro atoms. The number of benzene rings is 2. The van der Waals surface area contributed by atoms with Crippen molar-refractivity contribution in [2.24, 2.45) is 16.5 Å². The number of guanidine groups is 1. The van der Waals surface area contributed by atoms with E-state index >= 15 is 0 Å². The Hall–Kier alpha value is -3.80. The van der Waals surface area contributed by atoms with Gasteiger partial charge in [-0.3, -0.25) is 20.5 Å². The fourth-order valence-corrected chi connectivity index (χ4v) is 4.47. The van der Waals surface area contributed by atoms with E-state index < -0.39 is 17.8 Å². The molecule has 37 heavy (non-hydrogen) atoms. The standard InChI is InChI=1S/C26H32N4O7/c1-26(2,33)20-11-15-18(36-20)12-19-21(24(15)35-3)22(32)16(10-13-4-6-14(30-34)7-5-13)23(37-19)17(31)8-9-29-25(27)28/h4-7,12,17,20,30-31,33-34H,8-11H2,1-3H3,(H4,27,28,29). The van der Waals surface area contributed by atoms with E-state index in [1.54, 1.807) is 44.2 Å². The van der Waals surface area contributed by atoms with E-state index in [0.717, 1.165) is 5.56 Å². The molecule has 2 unspecified atom stereocenters. The van der Waals surface area contributed by atoms with E-state index in [2.05, 4.69) is 10.5 Å². The van der Waals surface area contributed by atoms with Gasteiger partial charge < -0.3 is 35.6 Å². The van der Waals surface area contributed by atoms with E-state index in [1.165, 1.54) is 7.11 Å². The van der Waals surface area contributed by atoms with Crippen molar-refractivity contribution in [2.75, 3.05) is 19.1 Å². The van der Waals surface area contributed by atoms with Gasteiger partial charge in [0, 0.05) is 43.0 Å². The van der Waals surface area contributed by atoms with Crippen molar-refractivity contribution < 1.29 is 29.3 Å². The van der Waals surface area contributed by atoms with E-state index in [0.29, 0.717) is 29.2 Å². The molecule has 2 heterocycles. The van der Waals surface area contributed by atoms with Gasteiger partial charge in [0.15, 0.2) is 11.4 Å². The SMILES string of the molecule is COc1c2c(cc3oc(C(O)CCN=C(N)N)c(Cc4ccc(NO)cc4)c(=O)c13)OC(C(C)(C)O)C2. The highest BCUT2D eigenvalue weighted by atomic mass is 16.5. The minimum atomic E-state index is -1.17. The number of nitrogens with one attached hydrogen (secondary N) is 1. The summed E-state index contributed by atoms with van der Waals surface area (Å²) in [5.41, 5.74) is 13.8. The van der Waals surface area contributed by atoms with E-state index in [9.17, 15) is 15.0 Å². The van der Waals surface area contributed by atoms with Crippen LogP contribution >= 0.6 is 0 Å². The van der Waals surface area contributed by atoms with Gasteiger partial charge in [-0.2, -0.15) is 0 Å². The lowest BCUT2D eigenvalue weighted by Gasteiger charge is -2.24. The molecule has 11 nitrogen and oxygen atoms in total. The Morgan fingerprint density at radius 2 is 2.00 bits per heavy atom. The van der Waals surface area contributed by atoms with Crippen LogP contribution in [0.2, 0.25) is 0 Å². The first-order valence-electron chi connectivity index (χ1n) is 11.8. The van der Waals surface area contributed by atoms with Gasteiger partial charge in [-0.15, -0.1) is 0 Å². The van der Waals surface area contributed by atoms with Crippen LogP contribution in [0.5, 0.6) is 11.5 Å². The largest absolute Gasteiger partial charge is 0.495 e. The molecule has 4 rings (SSSR count). The first kappa shape index (κ1) is 26.3. The number of nitrogens with two attached hydrogens (primary N) is 2. The zero-order valence-corrected chi connectivity index (χ0v) is 20.9. The van der Waals surface area contributed by atoms with Crippen LogP contribution in [0.25, 0.3) is 11.0 Å². The number of aliphatic imine (C=N–C) groups is 1. The minimum Gasteiger partial charge on any atom is -0.495 e. The van der Waals surface area contributed by atoms with Gasteiger partial charge in [0.25, 0.3) is 0 Å². The third kappa shape index (κ3) is 5.33. The van der Waals surface area contributed by atoms with Gasteiger partial charge in [-0.1, -0.05) is 12.1 Å². The Balaban J connectivity index is 1.88. The van der Waals surface area contributed by atoms with Crippen LogP contribution in [0.3, 0.4) is 0 Å². The molecule has 0 saturated carbocycles. The summed E-state index contributed by atoms with van der Waals surface area (Å²) < 4.78 is 17.8. The summed E-state index contributed by atoms with van der Waals surface area (Å²) in [5, 5.41) is 30.8. The zero-order chi connectivity index (χ0) is 26.9. The van der Waals surface area contributed by atoms with Crippen LogP contribution in [0.15, 0.2) is 44.5 Å². The Labute approximate surface area is 213 Å². The smallest absolute Gasteiger partial charge is 0.200 e. The van der Waals surface area contributed by atoms with Crippen LogP contribution in [-0.2, 0) is 12.8 Å². The molecule has 0 bridgehead atoms. The molecule has 198 valence electrons. The number of aliphatic hydroxyl groups excluding tert-OH is 1. The number of hydrogen-bond acceptors (Lipinski definition) is 9. The van der Waals surface area contributed by atoms with E-state index in [4.69, 9.17) is 30.6 Å². The van der Waals surface area contributed by atoms with Gasteiger partial charge in [0.1, 0.15) is 40.4 Å². The zero-order valence-electron chi connectivity index (χ0n) is 20.9. The fraction of sp³-hybridized carbons (Fsp3) is 0.385. The van der Waals surface area contributed by atoms with Crippen molar-refractivity contribution in [3.05, 3.63) is 63.0 Å². The molecule has 0 amide bonds. The van der Waals surface area contributed by atoms with E-state index in [-0.39, 0.29) is 53.1 Å². The second-order valence-electron chi connectivity index (χ2n) is 9.59. The van der Waals surface area contributed by atoms with Crippen molar-refractivity contribution >= 4 is 22.6 Å². The summed E-state index contributed by atoms with van der Waals surface area (Å²) in [6, 6.07) is 8.42. The summed E-state index contributed by atoms with van der Waals surface area (Å²) in [4.78, 5) is 17.9. The van der Waals surface area contributed by atoms with Gasteiger partial charge in [-0.05, 0) is 31.5 Å². The lowest BCUT2D eigenvalue weighted by atomic mass is 9.94. The predicted octanol–water partition coefficient (Wildman–Crippen LogP) is 1.96. The average molecular weight is 513 g/mol. The Kier molecular flexibility index (Phi) is 7.30. The molecule has 1 aliphatic rings. The second kappa shape index (κ2) is 10.3. The van der Waals surface area contributed by atoms with Crippen molar-refractivity contribution in [3.63, 3.8) is 0 Å². The number of nitrogens with zero attached hydrogens (tertiary/aromatic N) is 1. The predicted molar refractivity (Wildman–Crippen MR) is 138 cm³/mol. The average Bonchev–Trinajstić information content (AvgIpc) is 3.29. The number of hydrogen-bond donors (Lipinski definition) is 6. The molecule has 2 atom stereocenters. The Morgan fingerprint density at radius 3 is 2.59 bits per heavy atom. The minimum absolute atomic E-state index is 0.0895.